The van der Waals surface area contributed by atoms with Crippen molar-refractivity contribution < 1.29 is 8.42 Å². The van der Waals surface area contributed by atoms with Gasteiger partial charge in [0.15, 0.2) is 0 Å². The van der Waals surface area contributed by atoms with E-state index in [-0.39, 0.29) is 11.7 Å². The number of halogens is 2. The van der Waals surface area contributed by atoms with Crippen molar-refractivity contribution in [3.05, 3.63) is 27.5 Å². The smallest absolute Gasteiger partial charge is 0.239 e. The van der Waals surface area contributed by atoms with Crippen LogP contribution in [-0.2, 0) is 15.6 Å². The molecule has 0 amide bonds. The first kappa shape index (κ1) is 14.5. The Morgan fingerprint density at radius 1 is 1.53 bits per heavy atom. The normalized spacial score (nSPS) is 26.1. The van der Waals surface area contributed by atoms with Gasteiger partial charge in [-0.05, 0) is 35.0 Å². The summed E-state index contributed by atoms with van der Waals surface area (Å²) in [7, 11) is -2.17. The zero-order valence-corrected chi connectivity index (χ0v) is 13.4. The number of rotatable bonds is 1. The number of aromatic nitrogens is 1. The van der Waals surface area contributed by atoms with Crippen LogP contribution in [0.25, 0.3) is 0 Å². The van der Waals surface area contributed by atoms with Crippen LogP contribution >= 0.6 is 27.5 Å². The van der Waals surface area contributed by atoms with E-state index in [0.717, 1.165) is 4.31 Å². The number of sulfonamides is 1. The predicted octanol–water partition coefficient (Wildman–Crippen LogP) is 1.30. The van der Waals surface area contributed by atoms with Crippen LogP contribution in [0.1, 0.15) is 12.6 Å². The summed E-state index contributed by atoms with van der Waals surface area (Å²) in [6.07, 6.45) is 0. The summed E-state index contributed by atoms with van der Waals surface area (Å²) in [6, 6.07) is 3.31. The number of hydrogen-bond acceptors (Lipinski definition) is 5. The van der Waals surface area contributed by atoms with Crippen molar-refractivity contribution in [2.24, 2.45) is 10.7 Å². The van der Waals surface area contributed by atoms with Gasteiger partial charge in [0.05, 0.1) is 10.7 Å². The van der Waals surface area contributed by atoms with Crippen LogP contribution in [0.2, 0.25) is 5.02 Å². The lowest BCUT2D eigenvalue weighted by atomic mass is 10.0. The molecular formula is C10H12BrClN4O2S. The van der Waals surface area contributed by atoms with Crippen LogP contribution in [0.15, 0.2) is 21.7 Å². The number of aliphatic imine (C=N–C) groups is 1. The van der Waals surface area contributed by atoms with E-state index in [1.807, 2.05) is 0 Å². The molecule has 1 aromatic heterocycles. The second-order valence-electron chi connectivity index (χ2n) is 4.43. The Kier molecular flexibility index (Phi) is 3.53. The average Bonchev–Trinajstić information content (AvgIpc) is 2.28. The van der Waals surface area contributed by atoms with Crippen molar-refractivity contribution in [1.29, 1.82) is 0 Å². The topological polar surface area (TPSA) is 88.7 Å². The third kappa shape index (κ3) is 2.56. The standard InChI is InChI=1S/C10H12BrClN4O2S/c1-10(8-6(12)3-4-7(11)14-8)5-19(17,18)16(2)9(13)15-10/h3-4H,5H2,1-2H3,(H2,13,15)/t10-/m0/s1. The molecule has 2 rings (SSSR count). The summed E-state index contributed by atoms with van der Waals surface area (Å²) in [5.74, 6) is -0.313. The minimum atomic E-state index is -3.53. The van der Waals surface area contributed by atoms with Gasteiger partial charge in [0.2, 0.25) is 16.0 Å². The van der Waals surface area contributed by atoms with Gasteiger partial charge >= 0.3 is 0 Å². The first-order valence-electron chi connectivity index (χ1n) is 5.30. The van der Waals surface area contributed by atoms with Gasteiger partial charge in [0.25, 0.3) is 0 Å². The van der Waals surface area contributed by atoms with Crippen molar-refractivity contribution in [1.82, 2.24) is 9.29 Å². The van der Waals surface area contributed by atoms with E-state index in [4.69, 9.17) is 17.3 Å². The summed E-state index contributed by atoms with van der Waals surface area (Å²) in [6.45, 7) is 1.64. The third-order valence-corrected chi connectivity index (χ3v) is 5.58. The molecule has 19 heavy (non-hydrogen) atoms. The maximum atomic E-state index is 12.1. The molecule has 1 aromatic rings. The van der Waals surface area contributed by atoms with E-state index >= 15 is 0 Å². The molecule has 0 saturated heterocycles. The minimum Gasteiger partial charge on any atom is -0.369 e. The SMILES string of the molecule is CN1C(N)=N[C@](C)(c2nc(Br)ccc2Cl)CS1(=O)=O. The van der Waals surface area contributed by atoms with Crippen molar-refractivity contribution in [3.8, 4) is 0 Å². The zero-order chi connectivity index (χ0) is 14.4. The lowest BCUT2D eigenvalue weighted by molar-refractivity contribution is 0.468. The summed E-state index contributed by atoms with van der Waals surface area (Å²) in [5, 5.41) is 0.349. The molecule has 0 aromatic carbocycles. The number of pyridine rings is 1. The summed E-state index contributed by atoms with van der Waals surface area (Å²) < 4.78 is 25.6. The highest BCUT2D eigenvalue weighted by Gasteiger charge is 2.42. The van der Waals surface area contributed by atoms with Crippen LogP contribution in [-0.4, -0.2) is 36.5 Å². The van der Waals surface area contributed by atoms with E-state index in [1.54, 1.807) is 19.1 Å². The van der Waals surface area contributed by atoms with Gasteiger partial charge in [-0.25, -0.2) is 22.7 Å². The molecule has 0 spiro atoms. The first-order valence-corrected chi connectivity index (χ1v) is 8.08. The largest absolute Gasteiger partial charge is 0.369 e. The number of nitrogens with two attached hydrogens (primary N) is 1. The van der Waals surface area contributed by atoms with Gasteiger partial charge in [-0.1, -0.05) is 11.6 Å². The Morgan fingerprint density at radius 3 is 2.74 bits per heavy atom. The fourth-order valence-electron chi connectivity index (χ4n) is 1.87. The molecule has 0 aliphatic carbocycles. The van der Waals surface area contributed by atoms with Crippen molar-refractivity contribution in [3.63, 3.8) is 0 Å². The van der Waals surface area contributed by atoms with E-state index in [9.17, 15) is 8.42 Å². The second-order valence-corrected chi connectivity index (χ2v) is 7.65. The van der Waals surface area contributed by atoms with Gasteiger partial charge in [0.1, 0.15) is 15.9 Å². The number of nitrogens with zero attached hydrogens (tertiary/aromatic N) is 3. The lowest BCUT2D eigenvalue weighted by Gasteiger charge is -2.34. The second kappa shape index (κ2) is 4.60. The zero-order valence-electron chi connectivity index (χ0n) is 10.3. The van der Waals surface area contributed by atoms with Crippen molar-refractivity contribution >= 4 is 43.5 Å². The van der Waals surface area contributed by atoms with E-state index in [1.165, 1.54) is 7.05 Å². The monoisotopic (exact) mass is 366 g/mol. The highest BCUT2D eigenvalue weighted by molar-refractivity contribution is 9.10. The van der Waals surface area contributed by atoms with E-state index in [2.05, 4.69) is 25.9 Å². The third-order valence-electron chi connectivity index (χ3n) is 2.89. The Bertz CT molecular complexity index is 663. The maximum Gasteiger partial charge on any atom is 0.239 e. The lowest BCUT2D eigenvalue weighted by Crippen LogP contribution is -2.50. The van der Waals surface area contributed by atoms with Crippen LogP contribution in [0.3, 0.4) is 0 Å². The molecule has 0 bridgehead atoms. The van der Waals surface area contributed by atoms with Crippen LogP contribution < -0.4 is 5.73 Å². The molecule has 6 nitrogen and oxygen atoms in total. The molecule has 104 valence electrons. The quantitative estimate of drug-likeness (QED) is 0.758. The Hall–Kier alpha value is -0.860. The minimum absolute atomic E-state index is 0.0772. The van der Waals surface area contributed by atoms with Gasteiger partial charge in [-0.2, -0.15) is 0 Å². The van der Waals surface area contributed by atoms with Crippen LogP contribution in [0.4, 0.5) is 0 Å². The fourth-order valence-corrected chi connectivity index (χ4v) is 3.92. The molecule has 2 N–H and O–H groups in total. The highest BCUT2D eigenvalue weighted by atomic mass is 79.9. The highest BCUT2D eigenvalue weighted by Crippen LogP contribution is 2.35. The average molecular weight is 368 g/mol. The molecule has 0 unspecified atom stereocenters. The van der Waals surface area contributed by atoms with Gasteiger partial charge < -0.3 is 5.73 Å². The van der Waals surface area contributed by atoms with Gasteiger partial charge in [0, 0.05) is 7.05 Å². The molecule has 9 heteroatoms. The van der Waals surface area contributed by atoms with Gasteiger partial charge in [-0.15, -0.1) is 0 Å². The molecule has 0 saturated carbocycles. The van der Waals surface area contributed by atoms with Crippen LogP contribution in [0.5, 0.6) is 0 Å². The Morgan fingerprint density at radius 2 is 2.16 bits per heavy atom. The fraction of sp³-hybridized carbons (Fsp3) is 0.400. The summed E-state index contributed by atoms with van der Waals surface area (Å²) in [4.78, 5) is 8.47. The summed E-state index contributed by atoms with van der Waals surface area (Å²) >= 11 is 9.33. The Labute approximate surface area is 124 Å². The predicted molar refractivity (Wildman–Crippen MR) is 77.5 cm³/mol. The van der Waals surface area contributed by atoms with Crippen LogP contribution in [0, 0.1) is 0 Å². The van der Waals surface area contributed by atoms with Gasteiger partial charge in [-0.3, -0.25) is 0 Å². The molecular weight excluding hydrogens is 356 g/mol. The van der Waals surface area contributed by atoms with E-state index in [0.29, 0.717) is 15.3 Å². The van der Waals surface area contributed by atoms with E-state index < -0.39 is 15.6 Å². The molecule has 1 atom stereocenters. The number of guanidine groups is 1. The molecule has 1 aliphatic heterocycles. The summed E-state index contributed by atoms with van der Waals surface area (Å²) in [5.41, 5.74) is 4.95. The number of hydrogen-bond donors (Lipinski definition) is 1. The molecule has 1 aliphatic rings. The molecule has 0 radical (unpaired) electrons. The first-order chi connectivity index (χ1) is 8.66. The maximum absolute atomic E-state index is 12.1. The Balaban J connectivity index is 2.64. The van der Waals surface area contributed by atoms with Crippen molar-refractivity contribution in [2.75, 3.05) is 12.8 Å². The molecule has 0 fully saturated rings. The van der Waals surface area contributed by atoms with Crippen molar-refractivity contribution in [2.45, 2.75) is 12.5 Å². The molecule has 2 heterocycles.